The van der Waals surface area contributed by atoms with Gasteiger partial charge in [-0.1, -0.05) is 34.9 Å². The van der Waals surface area contributed by atoms with Crippen LogP contribution in [-0.2, 0) is 9.53 Å². The van der Waals surface area contributed by atoms with Crippen LogP contribution in [0.4, 0.5) is 4.79 Å². The Kier molecular flexibility index (Phi) is 8.75. The number of benzene rings is 1. The molecule has 1 aliphatic rings. The van der Waals surface area contributed by atoms with E-state index in [9.17, 15) is 14.7 Å². The number of azide groups is 1. The molecule has 3 N–H and O–H groups in total. The normalized spacial score (nSPS) is 16.4. The van der Waals surface area contributed by atoms with E-state index in [2.05, 4.69) is 20.7 Å². The Morgan fingerprint density at radius 3 is 2.90 bits per heavy atom. The summed E-state index contributed by atoms with van der Waals surface area (Å²) >= 11 is 6.35. The molecule has 2 amide bonds. The topological polar surface area (TPSA) is 140 Å². The molecule has 10 nitrogen and oxygen atoms in total. The Labute approximate surface area is 173 Å². The minimum absolute atomic E-state index is 0.00839. The predicted octanol–water partition coefficient (Wildman–Crippen LogP) is 2.68. The Bertz CT molecular complexity index is 824. The summed E-state index contributed by atoms with van der Waals surface area (Å²) in [4.78, 5) is 29.1. The maximum Gasteiger partial charge on any atom is 0.335 e. The number of carboxylic acid groups (broad SMARTS) is 1. The summed E-state index contributed by atoms with van der Waals surface area (Å²) in [5, 5.41) is 19.3. The van der Waals surface area contributed by atoms with E-state index in [-0.39, 0.29) is 31.0 Å². The van der Waals surface area contributed by atoms with E-state index in [4.69, 9.17) is 21.9 Å². The van der Waals surface area contributed by atoms with Crippen molar-refractivity contribution >= 4 is 23.6 Å². The summed E-state index contributed by atoms with van der Waals surface area (Å²) in [7, 11) is 1.80. The standard InChI is InChI=1S/C18H23ClN6O4/c1-21-7-4-9-25-16(12-5-2-3-6-13(12)19)15(17(26)27)14(23-18(25)28)11-29-10-8-22-24-20/h2-3,5-6,16,21H,4,7-11H2,1H3,(H,23,28)(H,26,27). The second-order valence-corrected chi connectivity index (χ2v) is 6.62. The van der Waals surface area contributed by atoms with Crippen molar-refractivity contribution in [2.45, 2.75) is 12.5 Å². The van der Waals surface area contributed by atoms with Gasteiger partial charge in [-0.15, -0.1) is 0 Å². The number of carbonyl (C=O) groups excluding carboxylic acids is 1. The van der Waals surface area contributed by atoms with Crippen LogP contribution in [0.15, 0.2) is 40.6 Å². The molecule has 0 radical (unpaired) electrons. The molecule has 1 atom stereocenters. The summed E-state index contributed by atoms with van der Waals surface area (Å²) in [6, 6.07) is 5.57. The number of amides is 2. The Balaban J connectivity index is 2.42. The van der Waals surface area contributed by atoms with Gasteiger partial charge in [-0.3, -0.25) is 0 Å². The third-order valence-corrected chi connectivity index (χ3v) is 4.67. The van der Waals surface area contributed by atoms with Gasteiger partial charge < -0.3 is 25.4 Å². The van der Waals surface area contributed by atoms with Crippen molar-refractivity contribution in [2.24, 2.45) is 5.11 Å². The molecular weight excluding hydrogens is 400 g/mol. The molecule has 1 aromatic carbocycles. The van der Waals surface area contributed by atoms with E-state index in [0.717, 1.165) is 0 Å². The Morgan fingerprint density at radius 2 is 2.24 bits per heavy atom. The van der Waals surface area contributed by atoms with E-state index in [1.807, 2.05) is 0 Å². The quantitative estimate of drug-likeness (QED) is 0.217. The zero-order valence-electron chi connectivity index (χ0n) is 16.0. The molecule has 0 bridgehead atoms. The van der Waals surface area contributed by atoms with Gasteiger partial charge in [0, 0.05) is 23.0 Å². The van der Waals surface area contributed by atoms with Crippen LogP contribution >= 0.6 is 11.6 Å². The fraction of sp³-hybridized carbons (Fsp3) is 0.444. The number of carboxylic acids is 1. The van der Waals surface area contributed by atoms with Crippen LogP contribution in [0.3, 0.4) is 0 Å². The lowest BCUT2D eigenvalue weighted by atomic mass is 9.93. The van der Waals surface area contributed by atoms with Crippen molar-refractivity contribution in [1.29, 1.82) is 0 Å². The van der Waals surface area contributed by atoms with Crippen molar-refractivity contribution < 1.29 is 19.4 Å². The first-order valence-electron chi connectivity index (χ1n) is 9.02. The molecule has 0 saturated heterocycles. The third kappa shape index (κ3) is 5.85. The number of carbonyl (C=O) groups is 2. The highest BCUT2D eigenvalue weighted by molar-refractivity contribution is 6.31. The summed E-state index contributed by atoms with van der Waals surface area (Å²) in [5.41, 5.74) is 8.97. The number of nitrogens with one attached hydrogen (secondary N) is 2. The van der Waals surface area contributed by atoms with E-state index in [1.54, 1.807) is 31.3 Å². The van der Waals surface area contributed by atoms with Crippen molar-refractivity contribution in [3.8, 4) is 0 Å². The van der Waals surface area contributed by atoms with Gasteiger partial charge in [0.15, 0.2) is 0 Å². The third-order valence-electron chi connectivity index (χ3n) is 4.33. The number of hydrogen-bond donors (Lipinski definition) is 3. The van der Waals surface area contributed by atoms with E-state index >= 15 is 0 Å². The maximum atomic E-state index is 12.8. The molecule has 156 valence electrons. The molecule has 0 aromatic heterocycles. The molecule has 11 heteroatoms. The first-order chi connectivity index (χ1) is 14.0. The van der Waals surface area contributed by atoms with Crippen LogP contribution in [0, 0.1) is 0 Å². The summed E-state index contributed by atoms with van der Waals surface area (Å²) in [6.07, 6.45) is 0.635. The molecule has 1 heterocycles. The summed E-state index contributed by atoms with van der Waals surface area (Å²) < 4.78 is 5.39. The van der Waals surface area contributed by atoms with Gasteiger partial charge in [0.05, 0.1) is 30.5 Å². The first kappa shape index (κ1) is 22.5. The molecule has 29 heavy (non-hydrogen) atoms. The van der Waals surface area contributed by atoms with Crippen LogP contribution in [0.2, 0.25) is 5.02 Å². The molecule has 0 saturated carbocycles. The van der Waals surface area contributed by atoms with Crippen molar-refractivity contribution in [2.75, 3.05) is 39.9 Å². The van der Waals surface area contributed by atoms with Crippen LogP contribution < -0.4 is 10.6 Å². The van der Waals surface area contributed by atoms with Gasteiger partial charge >= 0.3 is 12.0 Å². The molecule has 0 spiro atoms. The monoisotopic (exact) mass is 422 g/mol. The second kappa shape index (κ2) is 11.3. The fourth-order valence-electron chi connectivity index (χ4n) is 3.07. The number of aliphatic carboxylic acids is 1. The number of halogens is 1. The smallest absolute Gasteiger partial charge is 0.335 e. The molecule has 1 unspecified atom stereocenters. The Morgan fingerprint density at radius 1 is 1.48 bits per heavy atom. The molecule has 0 aliphatic carbocycles. The minimum atomic E-state index is -1.18. The number of nitrogens with zero attached hydrogens (tertiary/aromatic N) is 4. The highest BCUT2D eigenvalue weighted by Gasteiger charge is 2.39. The lowest BCUT2D eigenvalue weighted by molar-refractivity contribution is -0.133. The SMILES string of the molecule is CNCCCN1C(=O)NC(COCCN=[N+]=[N-])=C(C(=O)O)C1c1ccccc1Cl. The van der Waals surface area contributed by atoms with Crippen LogP contribution in [0.5, 0.6) is 0 Å². The zero-order chi connectivity index (χ0) is 21.2. The Hall–Kier alpha value is -2.78. The molecule has 2 rings (SSSR count). The predicted molar refractivity (Wildman–Crippen MR) is 107 cm³/mol. The number of rotatable bonds is 11. The van der Waals surface area contributed by atoms with Crippen LogP contribution in [0.1, 0.15) is 18.0 Å². The molecular formula is C18H23ClN6O4. The first-order valence-corrected chi connectivity index (χ1v) is 9.40. The summed E-state index contributed by atoms with van der Waals surface area (Å²) in [6.45, 7) is 1.06. The number of urea groups is 1. The second-order valence-electron chi connectivity index (χ2n) is 6.21. The molecule has 1 aliphatic heterocycles. The van der Waals surface area contributed by atoms with Gasteiger partial charge in [-0.05, 0) is 37.2 Å². The zero-order valence-corrected chi connectivity index (χ0v) is 16.7. The van der Waals surface area contributed by atoms with E-state index in [1.165, 1.54) is 4.90 Å². The average molecular weight is 423 g/mol. The van der Waals surface area contributed by atoms with Gasteiger partial charge in [0.25, 0.3) is 0 Å². The summed E-state index contributed by atoms with van der Waals surface area (Å²) in [5.74, 6) is -1.18. The average Bonchev–Trinajstić information content (AvgIpc) is 2.69. The fourth-order valence-corrected chi connectivity index (χ4v) is 3.31. The molecule has 1 aromatic rings. The van der Waals surface area contributed by atoms with Gasteiger partial charge in [-0.25, -0.2) is 9.59 Å². The molecule has 0 fully saturated rings. The van der Waals surface area contributed by atoms with Crippen molar-refractivity contribution in [1.82, 2.24) is 15.5 Å². The minimum Gasteiger partial charge on any atom is -0.478 e. The number of ether oxygens (including phenoxy) is 1. The highest BCUT2D eigenvalue weighted by atomic mass is 35.5. The lowest BCUT2D eigenvalue weighted by Gasteiger charge is -2.38. The van der Waals surface area contributed by atoms with Crippen molar-refractivity contribution in [3.05, 3.63) is 56.6 Å². The van der Waals surface area contributed by atoms with Gasteiger partial charge in [-0.2, -0.15) is 0 Å². The van der Waals surface area contributed by atoms with Crippen molar-refractivity contribution in [3.63, 3.8) is 0 Å². The van der Waals surface area contributed by atoms with Crippen LogP contribution in [-0.4, -0.2) is 61.9 Å². The lowest BCUT2D eigenvalue weighted by Crippen LogP contribution is -2.50. The van der Waals surface area contributed by atoms with Gasteiger partial charge in [0.1, 0.15) is 0 Å². The van der Waals surface area contributed by atoms with E-state index in [0.29, 0.717) is 30.1 Å². The van der Waals surface area contributed by atoms with Gasteiger partial charge in [0.2, 0.25) is 0 Å². The number of hydrogen-bond acceptors (Lipinski definition) is 5. The maximum absolute atomic E-state index is 12.8. The highest BCUT2D eigenvalue weighted by Crippen LogP contribution is 2.37. The van der Waals surface area contributed by atoms with E-state index < -0.39 is 18.0 Å². The van der Waals surface area contributed by atoms with Crippen LogP contribution in [0.25, 0.3) is 10.4 Å². The largest absolute Gasteiger partial charge is 0.478 e.